The molecule has 8 heteroatoms. The maximum Gasteiger partial charge on any atom is 0.264 e. The number of rotatable bonds is 6. The van der Waals surface area contributed by atoms with E-state index < -0.39 is 0 Å². The molecule has 134 valence electrons. The van der Waals surface area contributed by atoms with E-state index in [1.165, 1.54) is 11.3 Å². The zero-order chi connectivity index (χ0) is 18.5. The Kier molecular flexibility index (Phi) is 5.98. The molecule has 0 fully saturated rings. The summed E-state index contributed by atoms with van der Waals surface area (Å²) in [6, 6.07) is 12.3. The summed E-state index contributed by atoms with van der Waals surface area (Å²) in [6.07, 6.45) is 0. The predicted molar refractivity (Wildman–Crippen MR) is 105 cm³/mol. The van der Waals surface area contributed by atoms with Crippen molar-refractivity contribution in [3.63, 3.8) is 0 Å². The number of thiazole rings is 1. The van der Waals surface area contributed by atoms with Crippen LogP contribution < -0.4 is 14.8 Å². The maximum absolute atomic E-state index is 12.0. The monoisotopic (exact) mass is 408 g/mol. The fourth-order valence-corrected chi connectivity index (χ4v) is 3.18. The molecule has 0 saturated carbocycles. The first kappa shape index (κ1) is 18.5. The van der Waals surface area contributed by atoms with Gasteiger partial charge in [-0.05, 0) is 36.4 Å². The minimum absolute atomic E-state index is 0.197. The molecule has 5 nitrogen and oxygen atoms in total. The van der Waals surface area contributed by atoms with E-state index in [0.29, 0.717) is 20.9 Å². The van der Waals surface area contributed by atoms with E-state index in [-0.39, 0.29) is 12.5 Å². The average Bonchev–Trinajstić information content (AvgIpc) is 3.11. The van der Waals surface area contributed by atoms with E-state index in [9.17, 15) is 4.79 Å². The van der Waals surface area contributed by atoms with Crippen LogP contribution in [0.2, 0.25) is 10.0 Å². The van der Waals surface area contributed by atoms with Crippen LogP contribution in [0.15, 0.2) is 47.8 Å². The number of halogens is 2. The highest BCUT2D eigenvalue weighted by Crippen LogP contribution is 2.28. The van der Waals surface area contributed by atoms with E-state index in [2.05, 4.69) is 10.3 Å². The molecule has 1 N–H and O–H groups in total. The van der Waals surface area contributed by atoms with Gasteiger partial charge < -0.3 is 9.47 Å². The topological polar surface area (TPSA) is 60.5 Å². The molecule has 0 unspecified atom stereocenters. The lowest BCUT2D eigenvalue weighted by atomic mass is 10.2. The molecule has 26 heavy (non-hydrogen) atoms. The smallest absolute Gasteiger partial charge is 0.264 e. The van der Waals surface area contributed by atoms with Crippen molar-refractivity contribution >= 4 is 45.6 Å². The number of methoxy groups -OCH3 is 1. The summed E-state index contributed by atoms with van der Waals surface area (Å²) < 4.78 is 10.5. The fourth-order valence-electron chi connectivity index (χ4n) is 2.11. The standard InChI is InChI=1S/C18H14Cl2N2O3S/c1-24-13-5-2-11(3-6-13)15-10-26-18(21-15)22-17(23)9-25-16-8-12(19)4-7-14(16)20/h2-8,10H,9H2,1H3,(H,21,22,23). The maximum atomic E-state index is 12.0. The Bertz CT molecular complexity index is 913. The molecule has 1 amide bonds. The number of benzene rings is 2. The van der Waals surface area contributed by atoms with Gasteiger partial charge in [-0.15, -0.1) is 11.3 Å². The Morgan fingerprint density at radius 3 is 2.69 bits per heavy atom. The molecule has 0 aliphatic carbocycles. The third-order valence-corrected chi connectivity index (χ3v) is 4.69. The predicted octanol–water partition coefficient (Wildman–Crippen LogP) is 5.14. The molecule has 0 spiro atoms. The van der Waals surface area contributed by atoms with E-state index in [1.54, 1.807) is 25.3 Å². The molecule has 0 saturated heterocycles. The highest BCUT2D eigenvalue weighted by Gasteiger charge is 2.10. The third-order valence-electron chi connectivity index (χ3n) is 3.39. The van der Waals surface area contributed by atoms with Crippen LogP contribution in [0.3, 0.4) is 0 Å². The van der Waals surface area contributed by atoms with Gasteiger partial charge in [0.1, 0.15) is 11.5 Å². The van der Waals surface area contributed by atoms with Crippen molar-refractivity contribution in [1.29, 1.82) is 0 Å². The van der Waals surface area contributed by atoms with Gasteiger partial charge in [0.25, 0.3) is 5.91 Å². The fraction of sp³-hybridized carbons (Fsp3) is 0.111. The van der Waals surface area contributed by atoms with Crippen LogP contribution in [-0.2, 0) is 4.79 Å². The van der Waals surface area contributed by atoms with E-state index >= 15 is 0 Å². The Morgan fingerprint density at radius 2 is 1.96 bits per heavy atom. The van der Waals surface area contributed by atoms with Gasteiger partial charge >= 0.3 is 0 Å². The number of nitrogens with one attached hydrogen (secondary N) is 1. The van der Waals surface area contributed by atoms with Gasteiger partial charge in [-0.3, -0.25) is 10.1 Å². The van der Waals surface area contributed by atoms with Crippen molar-refractivity contribution in [3.8, 4) is 22.8 Å². The van der Waals surface area contributed by atoms with E-state index in [1.807, 2.05) is 29.6 Å². The lowest BCUT2D eigenvalue weighted by molar-refractivity contribution is -0.118. The number of ether oxygens (including phenoxy) is 2. The third kappa shape index (κ3) is 4.66. The Hall–Kier alpha value is -2.28. The molecule has 0 aliphatic rings. The van der Waals surface area contributed by atoms with Gasteiger partial charge in [-0.1, -0.05) is 23.2 Å². The van der Waals surface area contributed by atoms with Crippen molar-refractivity contribution in [1.82, 2.24) is 4.98 Å². The first-order chi connectivity index (χ1) is 12.5. The van der Waals surface area contributed by atoms with Gasteiger partial charge in [0, 0.05) is 22.0 Å². The molecule has 0 radical (unpaired) electrons. The van der Waals surface area contributed by atoms with Gasteiger partial charge in [0.05, 0.1) is 17.8 Å². The second-order valence-corrected chi connectivity index (χ2v) is 6.88. The Balaban J connectivity index is 1.59. The number of amides is 1. The van der Waals surface area contributed by atoms with E-state index in [4.69, 9.17) is 32.7 Å². The van der Waals surface area contributed by atoms with Crippen molar-refractivity contribution in [2.75, 3.05) is 19.0 Å². The molecular weight excluding hydrogens is 395 g/mol. The van der Waals surface area contributed by atoms with Crippen LogP contribution in [0.25, 0.3) is 11.3 Å². The summed E-state index contributed by atoms with van der Waals surface area (Å²) in [5.74, 6) is 0.790. The number of aromatic nitrogens is 1. The van der Waals surface area contributed by atoms with Crippen molar-refractivity contribution in [2.45, 2.75) is 0 Å². The van der Waals surface area contributed by atoms with Crippen LogP contribution in [0.1, 0.15) is 0 Å². The lowest BCUT2D eigenvalue weighted by Gasteiger charge is -2.07. The van der Waals surface area contributed by atoms with Crippen LogP contribution in [-0.4, -0.2) is 24.6 Å². The summed E-state index contributed by atoms with van der Waals surface area (Å²) in [7, 11) is 1.62. The number of nitrogens with zero attached hydrogens (tertiary/aromatic N) is 1. The highest BCUT2D eigenvalue weighted by atomic mass is 35.5. The van der Waals surface area contributed by atoms with Crippen LogP contribution in [0, 0.1) is 0 Å². The van der Waals surface area contributed by atoms with Crippen LogP contribution in [0.4, 0.5) is 5.13 Å². The zero-order valence-electron chi connectivity index (χ0n) is 13.7. The lowest BCUT2D eigenvalue weighted by Crippen LogP contribution is -2.20. The number of carbonyl (C=O) groups is 1. The summed E-state index contributed by atoms with van der Waals surface area (Å²) in [5.41, 5.74) is 1.70. The molecule has 0 aliphatic heterocycles. The molecule has 0 bridgehead atoms. The molecule has 0 atom stereocenters. The molecular formula is C18H14Cl2N2O3S. The Morgan fingerprint density at radius 1 is 1.19 bits per heavy atom. The largest absolute Gasteiger partial charge is 0.497 e. The summed E-state index contributed by atoms with van der Waals surface area (Å²) in [5, 5.41) is 5.92. The van der Waals surface area contributed by atoms with Crippen molar-refractivity contribution in [3.05, 3.63) is 57.9 Å². The number of hydrogen-bond donors (Lipinski definition) is 1. The molecule has 1 aromatic heterocycles. The van der Waals surface area contributed by atoms with Gasteiger partial charge in [0.15, 0.2) is 11.7 Å². The summed E-state index contributed by atoms with van der Waals surface area (Å²) in [6.45, 7) is -0.197. The second kappa shape index (κ2) is 8.40. The van der Waals surface area contributed by atoms with E-state index in [0.717, 1.165) is 17.0 Å². The van der Waals surface area contributed by atoms with Crippen molar-refractivity contribution in [2.24, 2.45) is 0 Å². The first-order valence-corrected chi connectivity index (χ1v) is 9.16. The summed E-state index contributed by atoms with van der Waals surface area (Å²) in [4.78, 5) is 16.5. The van der Waals surface area contributed by atoms with Crippen LogP contribution in [0.5, 0.6) is 11.5 Å². The van der Waals surface area contributed by atoms with Gasteiger partial charge in [-0.25, -0.2) is 4.98 Å². The molecule has 2 aromatic carbocycles. The van der Waals surface area contributed by atoms with Gasteiger partial charge in [-0.2, -0.15) is 0 Å². The normalized spacial score (nSPS) is 10.4. The SMILES string of the molecule is COc1ccc(-c2csc(NC(=O)COc3cc(Cl)ccc3Cl)n2)cc1. The second-order valence-electron chi connectivity index (χ2n) is 5.18. The Labute approximate surface area is 164 Å². The highest BCUT2D eigenvalue weighted by molar-refractivity contribution is 7.14. The summed E-state index contributed by atoms with van der Waals surface area (Å²) >= 11 is 13.2. The quantitative estimate of drug-likeness (QED) is 0.612. The minimum Gasteiger partial charge on any atom is -0.497 e. The zero-order valence-corrected chi connectivity index (χ0v) is 16.0. The minimum atomic E-state index is -0.336. The first-order valence-electron chi connectivity index (χ1n) is 7.53. The molecule has 3 rings (SSSR count). The number of hydrogen-bond acceptors (Lipinski definition) is 5. The average molecular weight is 409 g/mol. The van der Waals surface area contributed by atoms with Gasteiger partial charge in [0.2, 0.25) is 0 Å². The number of anilines is 1. The number of carbonyl (C=O) groups excluding carboxylic acids is 1. The van der Waals surface area contributed by atoms with Crippen molar-refractivity contribution < 1.29 is 14.3 Å². The van der Waals surface area contributed by atoms with Crippen LogP contribution >= 0.6 is 34.5 Å². The molecule has 3 aromatic rings. The molecule has 1 heterocycles.